The van der Waals surface area contributed by atoms with Crippen LogP contribution in [0, 0.1) is 11.8 Å². The summed E-state index contributed by atoms with van der Waals surface area (Å²) in [4.78, 5) is 2.46. The number of phenols is 1. The zero-order chi connectivity index (χ0) is 14.8. The highest BCUT2D eigenvalue weighted by Gasteiger charge is 2.36. The number of rotatable bonds is 5. The lowest BCUT2D eigenvalue weighted by Crippen LogP contribution is -2.21. The summed E-state index contributed by atoms with van der Waals surface area (Å²) in [7, 11) is 0. The van der Waals surface area contributed by atoms with Crippen LogP contribution in [-0.4, -0.2) is 24.7 Å². The van der Waals surface area contributed by atoms with Crippen molar-refractivity contribution < 1.29 is 5.11 Å². The van der Waals surface area contributed by atoms with Crippen molar-refractivity contribution in [3.63, 3.8) is 0 Å². The van der Waals surface area contributed by atoms with Gasteiger partial charge in [0.1, 0.15) is 5.75 Å². The zero-order valence-corrected chi connectivity index (χ0v) is 13.3. The Hall–Kier alpha value is -1.22. The van der Waals surface area contributed by atoms with E-state index >= 15 is 0 Å². The fraction of sp³-hybridized carbons (Fsp3) is 0.667. The summed E-state index contributed by atoms with van der Waals surface area (Å²) in [5.74, 6) is 2.20. The van der Waals surface area contributed by atoms with Crippen LogP contribution in [0.15, 0.2) is 18.2 Å². The van der Waals surface area contributed by atoms with Crippen LogP contribution in [0.25, 0.3) is 0 Å². The lowest BCUT2D eigenvalue weighted by molar-refractivity contribution is 0.452. The van der Waals surface area contributed by atoms with Gasteiger partial charge in [0, 0.05) is 36.4 Å². The monoisotopic (exact) mass is 288 g/mol. The van der Waals surface area contributed by atoms with Gasteiger partial charge in [-0.25, -0.2) is 0 Å². The van der Waals surface area contributed by atoms with E-state index in [4.69, 9.17) is 0 Å². The number of phenolic OH excluding ortho intramolecular Hbond substituents is 1. The SMILES string of the molecule is CCCNC(C)c1ccc(N2CC3CCCC3C2)cc1O. The van der Waals surface area contributed by atoms with Gasteiger partial charge in [0.05, 0.1) is 0 Å². The van der Waals surface area contributed by atoms with Crippen LogP contribution in [0.1, 0.15) is 51.1 Å². The van der Waals surface area contributed by atoms with Crippen molar-refractivity contribution in [3.05, 3.63) is 23.8 Å². The van der Waals surface area contributed by atoms with Crippen LogP contribution >= 0.6 is 0 Å². The molecule has 0 radical (unpaired) electrons. The first kappa shape index (κ1) is 14.7. The van der Waals surface area contributed by atoms with Gasteiger partial charge in [0.2, 0.25) is 0 Å². The number of fused-ring (bicyclic) bond motifs is 1. The summed E-state index contributed by atoms with van der Waals surface area (Å²) in [5.41, 5.74) is 2.19. The number of aromatic hydroxyl groups is 1. The second-order valence-electron chi connectivity index (χ2n) is 6.77. The van der Waals surface area contributed by atoms with Gasteiger partial charge in [-0.15, -0.1) is 0 Å². The quantitative estimate of drug-likeness (QED) is 0.867. The molecule has 21 heavy (non-hydrogen) atoms. The molecule has 2 fully saturated rings. The van der Waals surface area contributed by atoms with Crippen LogP contribution in [-0.2, 0) is 0 Å². The maximum Gasteiger partial charge on any atom is 0.122 e. The third kappa shape index (κ3) is 3.03. The average molecular weight is 288 g/mol. The predicted octanol–water partition coefficient (Wildman–Crippen LogP) is 3.69. The topological polar surface area (TPSA) is 35.5 Å². The first-order valence-corrected chi connectivity index (χ1v) is 8.50. The van der Waals surface area contributed by atoms with E-state index in [1.54, 1.807) is 0 Å². The average Bonchev–Trinajstić information content (AvgIpc) is 3.05. The Labute approximate surface area is 128 Å². The van der Waals surface area contributed by atoms with Crippen molar-refractivity contribution in [2.45, 2.75) is 45.6 Å². The fourth-order valence-corrected chi connectivity index (χ4v) is 4.01. The molecule has 3 rings (SSSR count). The molecule has 1 aromatic rings. The Morgan fingerprint density at radius 1 is 1.29 bits per heavy atom. The molecule has 1 heterocycles. The molecular formula is C18H28N2O. The molecule has 0 amide bonds. The van der Waals surface area contributed by atoms with E-state index in [2.05, 4.69) is 36.2 Å². The number of anilines is 1. The van der Waals surface area contributed by atoms with E-state index in [1.807, 2.05) is 6.07 Å². The first-order valence-electron chi connectivity index (χ1n) is 8.50. The van der Waals surface area contributed by atoms with Gasteiger partial charge in [0.15, 0.2) is 0 Å². The molecule has 2 aliphatic rings. The number of nitrogens with one attached hydrogen (secondary N) is 1. The Morgan fingerprint density at radius 2 is 2.00 bits per heavy atom. The Morgan fingerprint density at radius 3 is 2.62 bits per heavy atom. The molecule has 3 unspecified atom stereocenters. The Kier molecular flexibility index (Phi) is 4.39. The summed E-state index contributed by atoms with van der Waals surface area (Å²) in [6.45, 7) is 7.61. The van der Waals surface area contributed by atoms with Crippen molar-refractivity contribution in [2.75, 3.05) is 24.5 Å². The Balaban J connectivity index is 1.69. The van der Waals surface area contributed by atoms with Crippen molar-refractivity contribution in [1.29, 1.82) is 0 Å². The summed E-state index contributed by atoms with van der Waals surface area (Å²) < 4.78 is 0. The molecule has 3 nitrogen and oxygen atoms in total. The van der Waals surface area contributed by atoms with Gasteiger partial charge >= 0.3 is 0 Å². The second-order valence-corrected chi connectivity index (χ2v) is 6.77. The number of nitrogens with zero attached hydrogens (tertiary/aromatic N) is 1. The second kappa shape index (κ2) is 6.27. The molecule has 3 heteroatoms. The van der Waals surface area contributed by atoms with E-state index in [-0.39, 0.29) is 6.04 Å². The molecule has 116 valence electrons. The highest BCUT2D eigenvalue weighted by atomic mass is 16.3. The van der Waals surface area contributed by atoms with Crippen LogP contribution in [0.5, 0.6) is 5.75 Å². The van der Waals surface area contributed by atoms with E-state index in [1.165, 1.54) is 38.0 Å². The van der Waals surface area contributed by atoms with E-state index < -0.39 is 0 Å². The standard InChI is InChI=1S/C18H28N2O/c1-3-9-19-13(2)17-8-7-16(10-18(17)21)20-11-14-5-4-6-15(14)12-20/h7-8,10,13-15,19,21H,3-6,9,11-12H2,1-2H3. The Bertz CT molecular complexity index is 476. The zero-order valence-electron chi connectivity index (χ0n) is 13.3. The molecule has 1 aromatic carbocycles. The predicted molar refractivity (Wildman–Crippen MR) is 87.9 cm³/mol. The van der Waals surface area contributed by atoms with Crippen LogP contribution < -0.4 is 10.2 Å². The molecule has 1 aliphatic heterocycles. The van der Waals surface area contributed by atoms with Crippen molar-refractivity contribution in [3.8, 4) is 5.75 Å². The van der Waals surface area contributed by atoms with Crippen molar-refractivity contribution >= 4 is 5.69 Å². The molecule has 0 spiro atoms. The molecule has 1 saturated heterocycles. The number of benzene rings is 1. The maximum absolute atomic E-state index is 10.4. The van der Waals surface area contributed by atoms with Gasteiger partial charge in [-0.3, -0.25) is 0 Å². The largest absolute Gasteiger partial charge is 0.508 e. The first-order chi connectivity index (χ1) is 10.2. The fourth-order valence-electron chi connectivity index (χ4n) is 4.01. The minimum absolute atomic E-state index is 0.206. The molecule has 1 aliphatic carbocycles. The molecule has 3 atom stereocenters. The van der Waals surface area contributed by atoms with Gasteiger partial charge < -0.3 is 15.3 Å². The van der Waals surface area contributed by atoms with E-state index in [0.29, 0.717) is 5.75 Å². The molecule has 0 aromatic heterocycles. The smallest absolute Gasteiger partial charge is 0.122 e. The molecule has 0 bridgehead atoms. The molecule has 1 saturated carbocycles. The lowest BCUT2D eigenvalue weighted by atomic mass is 10.0. The van der Waals surface area contributed by atoms with E-state index in [0.717, 1.165) is 30.4 Å². The molecular weight excluding hydrogens is 260 g/mol. The summed E-state index contributed by atoms with van der Waals surface area (Å²) >= 11 is 0. The van der Waals surface area contributed by atoms with Gasteiger partial charge in [0.25, 0.3) is 0 Å². The summed E-state index contributed by atoms with van der Waals surface area (Å²) in [6, 6.07) is 6.43. The van der Waals surface area contributed by atoms with Gasteiger partial charge in [-0.1, -0.05) is 19.4 Å². The third-order valence-corrected chi connectivity index (χ3v) is 5.27. The van der Waals surface area contributed by atoms with Gasteiger partial charge in [-0.05, 0) is 50.6 Å². The van der Waals surface area contributed by atoms with Crippen LogP contribution in [0.2, 0.25) is 0 Å². The van der Waals surface area contributed by atoms with Crippen LogP contribution in [0.3, 0.4) is 0 Å². The van der Waals surface area contributed by atoms with Crippen molar-refractivity contribution in [2.24, 2.45) is 11.8 Å². The maximum atomic E-state index is 10.4. The number of hydrogen-bond donors (Lipinski definition) is 2. The number of hydrogen-bond acceptors (Lipinski definition) is 3. The molecule has 2 N–H and O–H groups in total. The van der Waals surface area contributed by atoms with Crippen molar-refractivity contribution in [1.82, 2.24) is 5.32 Å². The lowest BCUT2D eigenvalue weighted by Gasteiger charge is -2.22. The third-order valence-electron chi connectivity index (χ3n) is 5.27. The minimum Gasteiger partial charge on any atom is -0.508 e. The highest BCUT2D eigenvalue weighted by molar-refractivity contribution is 5.55. The highest BCUT2D eigenvalue weighted by Crippen LogP contribution is 2.40. The normalized spacial score (nSPS) is 26.1. The van der Waals surface area contributed by atoms with Gasteiger partial charge in [-0.2, -0.15) is 0 Å². The minimum atomic E-state index is 0.206. The summed E-state index contributed by atoms with van der Waals surface area (Å²) in [5, 5.41) is 13.8. The summed E-state index contributed by atoms with van der Waals surface area (Å²) in [6.07, 6.45) is 5.31. The van der Waals surface area contributed by atoms with E-state index in [9.17, 15) is 5.11 Å². The van der Waals surface area contributed by atoms with Crippen LogP contribution in [0.4, 0.5) is 5.69 Å².